The number of hydrogen-bond donors (Lipinski definition) is 1. The first-order valence-corrected chi connectivity index (χ1v) is 7.97. The molecule has 0 spiro atoms. The molecule has 5 heteroatoms. The van der Waals surface area contributed by atoms with Crippen molar-refractivity contribution in [1.82, 2.24) is 9.88 Å². The Morgan fingerprint density at radius 2 is 2.00 bits per heavy atom. The molecule has 116 valence electrons. The molecule has 2 rings (SSSR count). The van der Waals surface area contributed by atoms with Crippen molar-refractivity contribution in [3.8, 4) is 0 Å². The minimum atomic E-state index is 0.00245. The molecule has 1 N–H and O–H groups in total. The van der Waals surface area contributed by atoms with Crippen LogP contribution in [0.1, 0.15) is 11.1 Å². The minimum Gasteiger partial charge on any atom is -0.325 e. The molecule has 0 atom stereocenters. The number of carbonyl (C=O) groups is 1. The Balaban J connectivity index is 1.81. The topological polar surface area (TPSA) is 45.2 Å². The Morgan fingerprint density at radius 3 is 2.68 bits per heavy atom. The number of benzene rings is 1. The van der Waals surface area contributed by atoms with Gasteiger partial charge in [-0.05, 0) is 61.9 Å². The fourth-order valence-electron chi connectivity index (χ4n) is 2.15. The van der Waals surface area contributed by atoms with E-state index in [1.807, 2.05) is 49.2 Å². The molecule has 0 aliphatic carbocycles. The molecule has 0 bridgehead atoms. The van der Waals surface area contributed by atoms with Gasteiger partial charge in [0, 0.05) is 29.1 Å². The zero-order valence-corrected chi connectivity index (χ0v) is 14.4. The zero-order valence-electron chi connectivity index (χ0n) is 12.8. The lowest BCUT2D eigenvalue weighted by atomic mass is 10.2. The van der Waals surface area contributed by atoms with Crippen LogP contribution in [0, 0.1) is 6.92 Å². The van der Waals surface area contributed by atoms with Crippen LogP contribution in [0.5, 0.6) is 0 Å². The molecular weight excluding hydrogens is 342 g/mol. The Kier molecular flexibility index (Phi) is 6.10. The first kappa shape index (κ1) is 16.6. The summed E-state index contributed by atoms with van der Waals surface area (Å²) in [5, 5.41) is 2.96. The highest BCUT2D eigenvalue weighted by atomic mass is 79.9. The molecule has 1 amide bonds. The van der Waals surface area contributed by atoms with Gasteiger partial charge < -0.3 is 5.32 Å². The van der Waals surface area contributed by atoms with Gasteiger partial charge in [0.05, 0.1) is 6.54 Å². The standard InChI is InChI=1S/C17H20BrN3O/c1-13-11-15(18)3-4-16(13)20-17(22)12-21(2)10-7-14-5-8-19-9-6-14/h3-6,8-9,11H,7,10,12H2,1-2H3,(H,20,22). The maximum absolute atomic E-state index is 12.1. The van der Waals surface area contributed by atoms with Gasteiger partial charge in [0.2, 0.25) is 5.91 Å². The summed E-state index contributed by atoms with van der Waals surface area (Å²) in [6.45, 7) is 3.19. The first-order valence-electron chi connectivity index (χ1n) is 7.18. The first-order chi connectivity index (χ1) is 10.5. The van der Waals surface area contributed by atoms with Crippen molar-refractivity contribution >= 4 is 27.5 Å². The van der Waals surface area contributed by atoms with E-state index in [1.165, 1.54) is 5.56 Å². The van der Waals surface area contributed by atoms with Crippen LogP contribution in [0.25, 0.3) is 0 Å². The monoisotopic (exact) mass is 361 g/mol. The summed E-state index contributed by atoms with van der Waals surface area (Å²) in [6, 6.07) is 9.82. The average Bonchev–Trinajstić information content (AvgIpc) is 2.49. The number of nitrogens with one attached hydrogen (secondary N) is 1. The lowest BCUT2D eigenvalue weighted by Crippen LogP contribution is -2.31. The van der Waals surface area contributed by atoms with Gasteiger partial charge in [-0.15, -0.1) is 0 Å². The predicted molar refractivity (Wildman–Crippen MR) is 92.9 cm³/mol. The molecule has 0 saturated heterocycles. The number of aromatic nitrogens is 1. The van der Waals surface area contributed by atoms with Crippen LogP contribution in [0.3, 0.4) is 0 Å². The van der Waals surface area contributed by atoms with Crippen molar-refractivity contribution in [2.45, 2.75) is 13.3 Å². The minimum absolute atomic E-state index is 0.00245. The SMILES string of the molecule is Cc1cc(Br)ccc1NC(=O)CN(C)CCc1ccncc1. The number of pyridine rings is 1. The fraction of sp³-hybridized carbons (Fsp3) is 0.294. The number of hydrogen-bond acceptors (Lipinski definition) is 3. The number of amides is 1. The zero-order chi connectivity index (χ0) is 15.9. The van der Waals surface area contributed by atoms with Gasteiger partial charge in [0.1, 0.15) is 0 Å². The van der Waals surface area contributed by atoms with E-state index in [9.17, 15) is 4.79 Å². The third-order valence-corrected chi connectivity index (χ3v) is 3.90. The maximum Gasteiger partial charge on any atom is 0.238 e. The van der Waals surface area contributed by atoms with Gasteiger partial charge in [0.25, 0.3) is 0 Å². The Bertz CT molecular complexity index is 631. The molecule has 1 heterocycles. The van der Waals surface area contributed by atoms with Crippen LogP contribution in [0.4, 0.5) is 5.69 Å². The summed E-state index contributed by atoms with van der Waals surface area (Å²) in [5.74, 6) is 0.00245. The summed E-state index contributed by atoms with van der Waals surface area (Å²) in [6.07, 6.45) is 4.49. The van der Waals surface area contributed by atoms with Gasteiger partial charge >= 0.3 is 0 Å². The van der Waals surface area contributed by atoms with Crippen LogP contribution in [0.2, 0.25) is 0 Å². The lowest BCUT2D eigenvalue weighted by Gasteiger charge is -2.17. The predicted octanol–water partition coefficient (Wildman–Crippen LogP) is 3.27. The van der Waals surface area contributed by atoms with E-state index in [1.54, 1.807) is 12.4 Å². The van der Waals surface area contributed by atoms with E-state index in [4.69, 9.17) is 0 Å². The second-order valence-electron chi connectivity index (χ2n) is 5.35. The van der Waals surface area contributed by atoms with E-state index >= 15 is 0 Å². The van der Waals surface area contributed by atoms with Gasteiger partial charge in [-0.2, -0.15) is 0 Å². The van der Waals surface area contributed by atoms with Crippen molar-refractivity contribution in [2.75, 3.05) is 25.5 Å². The van der Waals surface area contributed by atoms with Gasteiger partial charge in [-0.3, -0.25) is 14.7 Å². The molecule has 0 aliphatic heterocycles. The molecule has 1 aromatic carbocycles. The molecule has 22 heavy (non-hydrogen) atoms. The van der Waals surface area contributed by atoms with E-state index in [-0.39, 0.29) is 5.91 Å². The van der Waals surface area contributed by atoms with Crippen molar-refractivity contribution in [3.05, 3.63) is 58.3 Å². The van der Waals surface area contributed by atoms with E-state index < -0.39 is 0 Å². The van der Waals surface area contributed by atoms with Crippen molar-refractivity contribution < 1.29 is 4.79 Å². The summed E-state index contributed by atoms with van der Waals surface area (Å²) in [7, 11) is 1.95. The highest BCUT2D eigenvalue weighted by molar-refractivity contribution is 9.10. The number of anilines is 1. The lowest BCUT2D eigenvalue weighted by molar-refractivity contribution is -0.117. The Morgan fingerprint density at radius 1 is 1.27 bits per heavy atom. The molecule has 4 nitrogen and oxygen atoms in total. The van der Waals surface area contributed by atoms with Crippen molar-refractivity contribution in [2.24, 2.45) is 0 Å². The smallest absolute Gasteiger partial charge is 0.238 e. The largest absolute Gasteiger partial charge is 0.325 e. The summed E-state index contributed by atoms with van der Waals surface area (Å²) in [4.78, 5) is 18.1. The molecule has 0 unspecified atom stereocenters. The number of halogens is 1. The molecule has 0 saturated carbocycles. The normalized spacial score (nSPS) is 10.7. The second kappa shape index (κ2) is 8.06. The maximum atomic E-state index is 12.1. The number of aryl methyl sites for hydroxylation is 1. The second-order valence-corrected chi connectivity index (χ2v) is 6.27. The van der Waals surface area contributed by atoms with E-state index in [0.29, 0.717) is 6.54 Å². The van der Waals surface area contributed by atoms with Crippen LogP contribution >= 0.6 is 15.9 Å². The summed E-state index contributed by atoms with van der Waals surface area (Å²) >= 11 is 3.42. The quantitative estimate of drug-likeness (QED) is 0.858. The van der Waals surface area contributed by atoms with Gasteiger partial charge in [-0.1, -0.05) is 15.9 Å². The third-order valence-electron chi connectivity index (χ3n) is 3.41. The van der Waals surface area contributed by atoms with Gasteiger partial charge in [-0.25, -0.2) is 0 Å². The number of likely N-dealkylation sites (N-methyl/N-ethyl adjacent to an activating group) is 1. The summed E-state index contributed by atoms with van der Waals surface area (Å²) < 4.78 is 1.01. The summed E-state index contributed by atoms with van der Waals surface area (Å²) in [5.41, 5.74) is 3.13. The number of rotatable bonds is 6. The fourth-order valence-corrected chi connectivity index (χ4v) is 2.63. The van der Waals surface area contributed by atoms with Crippen molar-refractivity contribution in [3.63, 3.8) is 0 Å². The van der Waals surface area contributed by atoms with Gasteiger partial charge in [0.15, 0.2) is 0 Å². The molecular formula is C17H20BrN3O. The highest BCUT2D eigenvalue weighted by Gasteiger charge is 2.08. The molecule has 1 aromatic heterocycles. The molecule has 2 aromatic rings. The highest BCUT2D eigenvalue weighted by Crippen LogP contribution is 2.19. The van der Waals surface area contributed by atoms with Crippen molar-refractivity contribution in [1.29, 1.82) is 0 Å². The van der Waals surface area contributed by atoms with E-state index in [0.717, 1.165) is 28.7 Å². The molecule has 0 aliphatic rings. The molecule has 0 fully saturated rings. The Hall–Kier alpha value is -1.72. The van der Waals surface area contributed by atoms with Crippen LogP contribution in [-0.2, 0) is 11.2 Å². The average molecular weight is 362 g/mol. The van der Waals surface area contributed by atoms with E-state index in [2.05, 4.69) is 26.2 Å². The molecule has 0 radical (unpaired) electrons. The van der Waals surface area contributed by atoms with Crippen LogP contribution in [0.15, 0.2) is 47.2 Å². The number of nitrogens with zero attached hydrogens (tertiary/aromatic N) is 2. The third kappa shape index (κ3) is 5.24. The Labute approximate surface area is 139 Å². The number of carbonyl (C=O) groups excluding carboxylic acids is 1. The van der Waals surface area contributed by atoms with Crippen LogP contribution in [-0.4, -0.2) is 35.9 Å². The van der Waals surface area contributed by atoms with Crippen LogP contribution < -0.4 is 5.32 Å².